The standard InChI is InChI=1S/C15H14NO.C5H5.Fe/c1-2-6-12(7-3-1)10-14-11-17-15(16-14)13-8-4-5-9-13;1-2-4-5-3-1;/h1-9,14H,10-11H2;1-5H;. The van der Waals surface area contributed by atoms with E-state index in [1.807, 2.05) is 63.9 Å². The fourth-order valence-corrected chi connectivity index (χ4v) is 2.40. The molecule has 1 atom stereocenters. The van der Waals surface area contributed by atoms with E-state index in [1.54, 1.807) is 0 Å². The van der Waals surface area contributed by atoms with E-state index in [0.717, 1.165) is 18.2 Å². The number of rotatable bonds is 3. The number of ether oxygens (including phenoxy) is 1. The van der Waals surface area contributed by atoms with Gasteiger partial charge in [-0.25, -0.2) is 4.99 Å². The second kappa shape index (κ2) is 10.2. The molecular weight excluding hydrogens is 326 g/mol. The topological polar surface area (TPSA) is 21.6 Å². The molecule has 0 spiro atoms. The summed E-state index contributed by atoms with van der Waals surface area (Å²) < 4.78 is 5.63. The van der Waals surface area contributed by atoms with Crippen LogP contribution in [0.25, 0.3) is 0 Å². The van der Waals surface area contributed by atoms with Crippen LogP contribution < -0.4 is 0 Å². The van der Waals surface area contributed by atoms with Crippen molar-refractivity contribution >= 4 is 5.90 Å². The van der Waals surface area contributed by atoms with Crippen molar-refractivity contribution in [1.29, 1.82) is 0 Å². The van der Waals surface area contributed by atoms with Gasteiger partial charge in [0.2, 0.25) is 0 Å². The molecule has 10 radical (unpaired) electrons. The van der Waals surface area contributed by atoms with Crippen LogP contribution in [0.4, 0.5) is 0 Å². The van der Waals surface area contributed by atoms with E-state index in [4.69, 9.17) is 4.74 Å². The third-order valence-electron chi connectivity index (χ3n) is 3.49. The molecule has 0 saturated heterocycles. The summed E-state index contributed by atoms with van der Waals surface area (Å²) in [4.78, 5) is 4.62. The van der Waals surface area contributed by atoms with Crippen LogP contribution in [0.15, 0.2) is 35.3 Å². The van der Waals surface area contributed by atoms with E-state index < -0.39 is 0 Å². The summed E-state index contributed by atoms with van der Waals surface area (Å²) in [6.07, 6.45) is 19.0. The van der Waals surface area contributed by atoms with Gasteiger partial charge in [0.1, 0.15) is 6.61 Å². The van der Waals surface area contributed by atoms with Gasteiger partial charge in [-0.1, -0.05) is 30.3 Å². The van der Waals surface area contributed by atoms with Gasteiger partial charge in [0.15, 0.2) is 5.90 Å². The van der Waals surface area contributed by atoms with Gasteiger partial charge in [0.05, 0.1) is 12.0 Å². The zero-order valence-electron chi connectivity index (χ0n) is 12.8. The van der Waals surface area contributed by atoms with Crippen LogP contribution in [-0.2, 0) is 28.2 Å². The molecule has 2 saturated carbocycles. The Balaban J connectivity index is 0.000000276. The molecule has 1 unspecified atom stereocenters. The molecule has 118 valence electrons. The van der Waals surface area contributed by atoms with Crippen molar-refractivity contribution in [2.75, 3.05) is 6.61 Å². The normalized spacial score (nSPS) is 23.5. The van der Waals surface area contributed by atoms with Crippen LogP contribution in [0.5, 0.6) is 0 Å². The van der Waals surface area contributed by atoms with Gasteiger partial charge < -0.3 is 4.74 Å². The number of hydrogen-bond acceptors (Lipinski definition) is 2. The minimum absolute atomic E-state index is 0. The van der Waals surface area contributed by atoms with E-state index in [0.29, 0.717) is 6.61 Å². The molecule has 0 N–H and O–H groups in total. The number of hydrogen-bond donors (Lipinski definition) is 0. The Morgan fingerprint density at radius 1 is 0.870 bits per heavy atom. The summed E-state index contributed by atoms with van der Waals surface area (Å²) in [6.45, 7) is 0.690. The number of nitrogens with zero attached hydrogens (tertiary/aromatic N) is 1. The summed E-state index contributed by atoms with van der Waals surface area (Å²) in [5, 5.41) is 0. The van der Waals surface area contributed by atoms with Gasteiger partial charge in [0, 0.05) is 17.1 Å². The third kappa shape index (κ3) is 5.97. The number of benzene rings is 1. The molecule has 2 aliphatic carbocycles. The van der Waals surface area contributed by atoms with Gasteiger partial charge in [-0.2, -0.15) is 0 Å². The monoisotopic (exact) mass is 345 g/mol. The molecule has 0 aromatic heterocycles. The van der Waals surface area contributed by atoms with Crippen molar-refractivity contribution in [3.05, 3.63) is 99.6 Å². The summed E-state index contributed by atoms with van der Waals surface area (Å²) in [5.74, 6) is 1.87. The molecule has 2 nitrogen and oxygen atoms in total. The SMILES string of the molecule is [CH]1[CH][CH][CH][CH]1.[CH]1[CH][CH][C](C2=NC(Cc3ccccc3)CO2)[CH]1.[Fe]. The molecule has 1 aromatic rings. The first-order chi connectivity index (χ1) is 10.9. The number of aliphatic imine (C=N–C) groups is 1. The minimum atomic E-state index is 0. The Morgan fingerprint density at radius 2 is 1.48 bits per heavy atom. The minimum Gasteiger partial charge on any atom is -0.478 e. The van der Waals surface area contributed by atoms with E-state index in [-0.39, 0.29) is 23.1 Å². The van der Waals surface area contributed by atoms with Gasteiger partial charge in [-0.3, -0.25) is 0 Å². The van der Waals surface area contributed by atoms with Gasteiger partial charge >= 0.3 is 0 Å². The van der Waals surface area contributed by atoms with Crippen molar-refractivity contribution in [2.45, 2.75) is 12.5 Å². The molecular formula is C20H19FeNO. The molecule has 23 heavy (non-hydrogen) atoms. The van der Waals surface area contributed by atoms with Crippen LogP contribution in [-0.4, -0.2) is 18.5 Å². The zero-order valence-corrected chi connectivity index (χ0v) is 13.9. The fraction of sp³-hybridized carbons (Fsp3) is 0.150. The summed E-state index contributed by atoms with van der Waals surface area (Å²) in [6, 6.07) is 10.7. The first-order valence-corrected chi connectivity index (χ1v) is 7.55. The van der Waals surface area contributed by atoms with Crippen molar-refractivity contribution in [1.82, 2.24) is 0 Å². The van der Waals surface area contributed by atoms with Gasteiger partial charge in [-0.05, 0) is 69.8 Å². The van der Waals surface area contributed by atoms with Crippen molar-refractivity contribution in [3.63, 3.8) is 0 Å². The molecule has 3 heteroatoms. The largest absolute Gasteiger partial charge is 0.478 e. The fourth-order valence-electron chi connectivity index (χ4n) is 2.40. The van der Waals surface area contributed by atoms with Crippen LogP contribution in [0, 0.1) is 63.7 Å². The van der Waals surface area contributed by atoms with E-state index in [2.05, 4.69) is 29.3 Å². The van der Waals surface area contributed by atoms with Crippen molar-refractivity contribution < 1.29 is 21.8 Å². The van der Waals surface area contributed by atoms with Crippen molar-refractivity contribution in [3.8, 4) is 0 Å². The Kier molecular flexibility index (Phi) is 8.19. The summed E-state index contributed by atoms with van der Waals surface area (Å²) in [5.41, 5.74) is 1.31. The van der Waals surface area contributed by atoms with Crippen LogP contribution in [0.2, 0.25) is 0 Å². The maximum Gasteiger partial charge on any atom is 0.191 e. The van der Waals surface area contributed by atoms with Crippen LogP contribution in [0.3, 0.4) is 0 Å². The predicted molar refractivity (Wildman–Crippen MR) is 89.3 cm³/mol. The molecule has 1 aromatic carbocycles. The third-order valence-corrected chi connectivity index (χ3v) is 3.49. The molecule has 0 amide bonds. The molecule has 0 bridgehead atoms. The molecule has 3 aliphatic rings. The average molecular weight is 345 g/mol. The summed E-state index contributed by atoms with van der Waals surface area (Å²) in [7, 11) is 0. The molecule has 1 heterocycles. The quantitative estimate of drug-likeness (QED) is 0.769. The average Bonchev–Trinajstić information content (AvgIpc) is 3.32. The molecule has 2 fully saturated rings. The first kappa shape index (κ1) is 18.5. The second-order valence-corrected chi connectivity index (χ2v) is 5.22. The summed E-state index contributed by atoms with van der Waals surface area (Å²) >= 11 is 0. The Bertz CT molecular complexity index is 456. The zero-order chi connectivity index (χ0) is 15.0. The van der Waals surface area contributed by atoms with E-state index in [9.17, 15) is 0 Å². The Labute approximate surface area is 151 Å². The van der Waals surface area contributed by atoms with Crippen molar-refractivity contribution in [2.24, 2.45) is 4.99 Å². The predicted octanol–water partition coefficient (Wildman–Crippen LogP) is 3.45. The van der Waals surface area contributed by atoms with Crippen LogP contribution >= 0.6 is 0 Å². The first-order valence-electron chi connectivity index (χ1n) is 7.55. The van der Waals surface area contributed by atoms with E-state index in [1.165, 1.54) is 5.56 Å². The second-order valence-electron chi connectivity index (χ2n) is 5.22. The molecule has 4 rings (SSSR count). The Morgan fingerprint density at radius 3 is 2.09 bits per heavy atom. The van der Waals surface area contributed by atoms with Crippen LogP contribution in [0.1, 0.15) is 5.56 Å². The van der Waals surface area contributed by atoms with Gasteiger partial charge in [-0.15, -0.1) is 0 Å². The molecule has 1 aliphatic heterocycles. The Hall–Kier alpha value is -0.791. The van der Waals surface area contributed by atoms with E-state index >= 15 is 0 Å². The maximum absolute atomic E-state index is 5.63. The smallest absolute Gasteiger partial charge is 0.191 e. The van der Waals surface area contributed by atoms with Gasteiger partial charge in [0.25, 0.3) is 0 Å². The maximum atomic E-state index is 5.63.